The molecule has 0 aromatic carbocycles. The lowest BCUT2D eigenvalue weighted by Crippen LogP contribution is -2.30. The number of esters is 3. The van der Waals surface area contributed by atoms with E-state index in [1.807, 2.05) is 0 Å². The number of unbranched alkanes of at least 4 members (excludes halogenated alkanes) is 40. The molecule has 0 N–H and O–H groups in total. The van der Waals surface area contributed by atoms with Gasteiger partial charge in [-0.25, -0.2) is 0 Å². The van der Waals surface area contributed by atoms with Gasteiger partial charge in [-0.2, -0.15) is 0 Å². The Kier molecular flexibility index (Phi) is 64.7. The predicted octanol–water partition coefficient (Wildman–Crippen LogP) is 23.7. The molecule has 6 heteroatoms. The number of carbonyl (C=O) groups is 3. The van der Waals surface area contributed by atoms with Crippen LogP contribution in [0.5, 0.6) is 0 Å². The summed E-state index contributed by atoms with van der Waals surface area (Å²) in [6.07, 6.45) is 88.1. The second-order valence-corrected chi connectivity index (χ2v) is 23.1. The van der Waals surface area contributed by atoms with E-state index in [1.54, 1.807) is 0 Å². The van der Waals surface area contributed by atoms with Crippen molar-refractivity contribution < 1.29 is 28.6 Å². The molecule has 0 radical (unpaired) electrons. The highest BCUT2D eigenvalue weighted by molar-refractivity contribution is 5.71. The van der Waals surface area contributed by atoms with Gasteiger partial charge in [-0.15, -0.1) is 0 Å². The summed E-state index contributed by atoms with van der Waals surface area (Å²) < 4.78 is 16.9. The van der Waals surface area contributed by atoms with Crippen LogP contribution in [0.25, 0.3) is 0 Å². The van der Waals surface area contributed by atoms with Gasteiger partial charge in [0, 0.05) is 19.3 Å². The van der Waals surface area contributed by atoms with E-state index in [9.17, 15) is 14.4 Å². The van der Waals surface area contributed by atoms with Crippen LogP contribution in [0.3, 0.4) is 0 Å². The van der Waals surface area contributed by atoms with Crippen LogP contribution >= 0.6 is 0 Å². The fourth-order valence-electron chi connectivity index (χ4n) is 10.1. The summed E-state index contributed by atoms with van der Waals surface area (Å²) in [4.78, 5) is 38.2. The summed E-state index contributed by atoms with van der Waals surface area (Å²) in [6, 6.07) is 0. The van der Waals surface area contributed by atoms with Gasteiger partial charge in [0.15, 0.2) is 6.10 Å². The zero-order valence-corrected chi connectivity index (χ0v) is 52.6. The highest BCUT2D eigenvalue weighted by atomic mass is 16.6. The second kappa shape index (κ2) is 67.4. The van der Waals surface area contributed by atoms with Crippen LogP contribution in [-0.4, -0.2) is 37.2 Å². The van der Waals surface area contributed by atoms with Crippen molar-refractivity contribution in [1.29, 1.82) is 0 Å². The Morgan fingerprint density at radius 2 is 0.494 bits per heavy atom. The zero-order valence-electron chi connectivity index (χ0n) is 52.6. The molecular formula is C73H130O6. The molecule has 0 aliphatic heterocycles. The molecule has 0 heterocycles. The monoisotopic (exact) mass is 1100 g/mol. The van der Waals surface area contributed by atoms with Crippen molar-refractivity contribution in [1.82, 2.24) is 0 Å². The summed E-state index contributed by atoms with van der Waals surface area (Å²) in [6.45, 7) is 6.53. The van der Waals surface area contributed by atoms with Gasteiger partial charge in [0.05, 0.1) is 0 Å². The number of allylic oxidation sites excluding steroid dienone is 12. The van der Waals surface area contributed by atoms with Crippen LogP contribution in [0, 0.1) is 0 Å². The maximum Gasteiger partial charge on any atom is 0.306 e. The summed E-state index contributed by atoms with van der Waals surface area (Å²) in [5.41, 5.74) is 0. The molecule has 0 amide bonds. The van der Waals surface area contributed by atoms with E-state index < -0.39 is 6.10 Å². The third-order valence-electron chi connectivity index (χ3n) is 15.2. The summed E-state index contributed by atoms with van der Waals surface area (Å²) in [5, 5.41) is 0. The Bertz CT molecular complexity index is 1450. The maximum atomic E-state index is 12.9. The Labute approximate surface area is 491 Å². The minimum atomic E-state index is -0.772. The third-order valence-corrected chi connectivity index (χ3v) is 15.2. The van der Waals surface area contributed by atoms with E-state index in [0.29, 0.717) is 19.3 Å². The van der Waals surface area contributed by atoms with Crippen LogP contribution in [0.2, 0.25) is 0 Å². The number of carbonyl (C=O) groups excluding carboxylic acids is 3. The van der Waals surface area contributed by atoms with Crippen molar-refractivity contribution in [2.75, 3.05) is 13.2 Å². The van der Waals surface area contributed by atoms with Gasteiger partial charge in [-0.3, -0.25) is 14.4 Å². The lowest BCUT2D eigenvalue weighted by Gasteiger charge is -2.18. The summed E-state index contributed by atoms with van der Waals surface area (Å²) >= 11 is 0. The van der Waals surface area contributed by atoms with E-state index >= 15 is 0 Å². The molecule has 0 aromatic heterocycles. The van der Waals surface area contributed by atoms with Gasteiger partial charge in [-0.1, -0.05) is 318 Å². The van der Waals surface area contributed by atoms with Gasteiger partial charge in [-0.05, 0) is 89.9 Å². The molecule has 0 aliphatic carbocycles. The van der Waals surface area contributed by atoms with E-state index in [-0.39, 0.29) is 31.1 Å². The standard InChI is InChI=1S/C73H130O6/c1-4-7-10-13-16-18-20-22-24-26-28-30-32-33-34-35-36-37-38-39-41-42-44-46-48-50-52-54-57-60-63-66-72(75)78-69-70(68-77-71(74)65-62-59-56-15-12-9-6-3)79-73(76)67-64-61-58-55-53-51-49-47-45-43-40-31-29-27-25-23-21-19-17-14-11-8-5-2/h7,10,16,18,22,24,27-30,33-34,70H,4-6,8-9,11-15,17,19-21,23,25-26,31-32,35-69H2,1-3H3/b10-7-,18-16-,24-22-,29-27-,30-28-,34-33-. The van der Waals surface area contributed by atoms with E-state index in [1.165, 1.54) is 225 Å². The minimum absolute atomic E-state index is 0.0712. The molecule has 0 spiro atoms. The summed E-state index contributed by atoms with van der Waals surface area (Å²) in [5.74, 6) is -0.860. The molecule has 1 atom stereocenters. The van der Waals surface area contributed by atoms with E-state index in [4.69, 9.17) is 14.2 Å². The first-order valence-electron chi connectivity index (χ1n) is 34.4. The molecule has 0 rings (SSSR count). The quantitative estimate of drug-likeness (QED) is 0.0261. The maximum absolute atomic E-state index is 12.9. The first-order valence-corrected chi connectivity index (χ1v) is 34.4. The van der Waals surface area contributed by atoms with Gasteiger partial charge in [0.25, 0.3) is 0 Å². The van der Waals surface area contributed by atoms with Crippen molar-refractivity contribution in [3.63, 3.8) is 0 Å². The topological polar surface area (TPSA) is 78.9 Å². The average Bonchev–Trinajstić information content (AvgIpc) is 3.45. The molecule has 0 bridgehead atoms. The van der Waals surface area contributed by atoms with Crippen LogP contribution in [0.4, 0.5) is 0 Å². The number of rotatable bonds is 63. The molecule has 1 unspecified atom stereocenters. The molecule has 6 nitrogen and oxygen atoms in total. The SMILES string of the molecule is CC/C=C\C/C=C\C/C=C\C/C=C\C/C=C\CCCCCCCCCCCCCCCCCC(=O)OCC(COC(=O)CCCCCCCCC)OC(=O)CCCCCCCCCCCCC/C=C\CCCCCCCCCC. The van der Waals surface area contributed by atoms with Crippen LogP contribution in [-0.2, 0) is 28.6 Å². The Morgan fingerprint density at radius 1 is 0.266 bits per heavy atom. The van der Waals surface area contributed by atoms with Crippen molar-refractivity contribution in [2.45, 2.75) is 361 Å². The highest BCUT2D eigenvalue weighted by Crippen LogP contribution is 2.18. The van der Waals surface area contributed by atoms with Crippen molar-refractivity contribution in [2.24, 2.45) is 0 Å². The molecule has 0 aromatic rings. The zero-order chi connectivity index (χ0) is 57.1. The molecule has 0 saturated carbocycles. The predicted molar refractivity (Wildman–Crippen MR) is 344 cm³/mol. The highest BCUT2D eigenvalue weighted by Gasteiger charge is 2.19. The first-order chi connectivity index (χ1) is 39.0. The largest absolute Gasteiger partial charge is 0.462 e. The number of hydrogen-bond acceptors (Lipinski definition) is 6. The fourth-order valence-corrected chi connectivity index (χ4v) is 10.1. The van der Waals surface area contributed by atoms with Crippen LogP contribution in [0.15, 0.2) is 72.9 Å². The minimum Gasteiger partial charge on any atom is -0.462 e. The van der Waals surface area contributed by atoms with Gasteiger partial charge in [0.2, 0.25) is 0 Å². The third kappa shape index (κ3) is 65.5. The Hall–Kier alpha value is -3.15. The molecular weight excluding hydrogens is 973 g/mol. The number of ether oxygens (including phenoxy) is 3. The lowest BCUT2D eigenvalue weighted by atomic mass is 10.0. The molecule has 0 aliphatic rings. The molecule has 79 heavy (non-hydrogen) atoms. The molecule has 458 valence electrons. The van der Waals surface area contributed by atoms with Gasteiger partial charge < -0.3 is 14.2 Å². The Balaban J connectivity index is 4.05. The van der Waals surface area contributed by atoms with Crippen molar-refractivity contribution in [3.8, 4) is 0 Å². The average molecular weight is 1100 g/mol. The Morgan fingerprint density at radius 3 is 0.785 bits per heavy atom. The fraction of sp³-hybridized carbons (Fsp3) is 0.795. The van der Waals surface area contributed by atoms with Gasteiger partial charge in [0.1, 0.15) is 13.2 Å². The second-order valence-electron chi connectivity index (χ2n) is 23.1. The van der Waals surface area contributed by atoms with Crippen molar-refractivity contribution >= 4 is 17.9 Å². The molecule has 0 saturated heterocycles. The normalized spacial score (nSPS) is 12.5. The first kappa shape index (κ1) is 75.8. The van der Waals surface area contributed by atoms with Crippen LogP contribution < -0.4 is 0 Å². The van der Waals surface area contributed by atoms with E-state index in [0.717, 1.165) is 89.9 Å². The smallest absolute Gasteiger partial charge is 0.306 e. The van der Waals surface area contributed by atoms with Gasteiger partial charge >= 0.3 is 17.9 Å². The molecule has 0 fully saturated rings. The van der Waals surface area contributed by atoms with Crippen molar-refractivity contribution in [3.05, 3.63) is 72.9 Å². The number of hydrogen-bond donors (Lipinski definition) is 0. The lowest BCUT2D eigenvalue weighted by molar-refractivity contribution is -0.167. The van der Waals surface area contributed by atoms with E-state index in [2.05, 4.69) is 93.7 Å². The van der Waals surface area contributed by atoms with Crippen LogP contribution in [0.1, 0.15) is 355 Å². The summed E-state index contributed by atoms with van der Waals surface area (Å²) in [7, 11) is 0.